The van der Waals surface area contributed by atoms with Crippen molar-refractivity contribution in [1.82, 2.24) is 0 Å². The van der Waals surface area contributed by atoms with Crippen LogP contribution in [0.5, 0.6) is 17.2 Å². The van der Waals surface area contributed by atoms with Gasteiger partial charge in [0.25, 0.3) is 10.1 Å². The van der Waals surface area contributed by atoms with Gasteiger partial charge in [0.05, 0.1) is 0 Å². The molecule has 0 spiro atoms. The minimum Gasteiger partial charge on any atom is -0.503 e. The maximum absolute atomic E-state index is 11.2. The Kier molecular flexibility index (Phi) is 6.84. The van der Waals surface area contributed by atoms with Gasteiger partial charge in [-0.15, -0.1) is 0 Å². The molecular weight excluding hydrogens is 340 g/mol. The van der Waals surface area contributed by atoms with Crippen molar-refractivity contribution in [2.75, 3.05) is 0 Å². The van der Waals surface area contributed by atoms with E-state index < -0.39 is 20.8 Å². The van der Waals surface area contributed by atoms with E-state index in [2.05, 4.69) is 6.92 Å². The molecule has 0 unspecified atom stereocenters. The Morgan fingerprint density at radius 1 is 1.00 bits per heavy atom. The Bertz CT molecular complexity index is 799. The van der Waals surface area contributed by atoms with Crippen LogP contribution in [-0.2, 0) is 16.5 Å². The van der Waals surface area contributed by atoms with Crippen molar-refractivity contribution in [3.63, 3.8) is 0 Å². The van der Waals surface area contributed by atoms with Crippen LogP contribution in [0.2, 0.25) is 0 Å². The molecule has 0 aliphatic rings. The highest BCUT2D eigenvalue weighted by atomic mass is 32.2. The predicted molar refractivity (Wildman–Crippen MR) is 96.9 cm³/mol. The molecular formula is C19H24O5S. The SMILES string of the molecule is CCCCCCCc1cccc(Oc2cccc(S(=O)(=O)O)c2O)c1. The molecule has 0 heterocycles. The first-order valence-corrected chi connectivity index (χ1v) is 9.92. The number of ether oxygens (including phenoxy) is 1. The minimum atomic E-state index is -4.51. The number of unbranched alkanes of at least 4 members (excludes halogenated alkanes) is 4. The third-order valence-corrected chi connectivity index (χ3v) is 4.82. The highest BCUT2D eigenvalue weighted by Crippen LogP contribution is 2.36. The lowest BCUT2D eigenvalue weighted by Crippen LogP contribution is -1.99. The quantitative estimate of drug-likeness (QED) is 0.486. The van der Waals surface area contributed by atoms with E-state index >= 15 is 0 Å². The standard InChI is InChI=1S/C19H24O5S/c1-2-3-4-5-6-9-15-10-7-11-16(14-15)24-17-12-8-13-18(19(17)20)25(21,22)23/h7-8,10-14,20H,2-6,9H2,1H3,(H,21,22,23). The molecule has 5 nitrogen and oxygen atoms in total. The van der Waals surface area contributed by atoms with Crippen molar-refractivity contribution in [3.8, 4) is 17.2 Å². The zero-order valence-electron chi connectivity index (χ0n) is 14.3. The molecule has 2 N–H and O–H groups in total. The molecule has 25 heavy (non-hydrogen) atoms. The molecule has 0 atom stereocenters. The van der Waals surface area contributed by atoms with Crippen molar-refractivity contribution >= 4 is 10.1 Å². The van der Waals surface area contributed by atoms with Crippen LogP contribution in [0.25, 0.3) is 0 Å². The fraction of sp³-hybridized carbons (Fsp3) is 0.368. The van der Waals surface area contributed by atoms with Crippen molar-refractivity contribution in [1.29, 1.82) is 0 Å². The van der Waals surface area contributed by atoms with E-state index in [1.807, 2.05) is 18.2 Å². The smallest absolute Gasteiger partial charge is 0.298 e. The van der Waals surface area contributed by atoms with Crippen LogP contribution in [0.15, 0.2) is 47.4 Å². The summed E-state index contributed by atoms with van der Waals surface area (Å²) >= 11 is 0. The van der Waals surface area contributed by atoms with E-state index in [0.717, 1.165) is 24.5 Å². The molecule has 0 aliphatic heterocycles. The van der Waals surface area contributed by atoms with Crippen LogP contribution >= 0.6 is 0 Å². The second kappa shape index (κ2) is 8.87. The van der Waals surface area contributed by atoms with Crippen molar-refractivity contribution < 1.29 is 22.8 Å². The van der Waals surface area contributed by atoms with E-state index in [4.69, 9.17) is 9.29 Å². The second-order valence-corrected chi connectivity index (χ2v) is 7.38. The Labute approximate surface area is 149 Å². The van der Waals surface area contributed by atoms with E-state index in [1.54, 1.807) is 6.07 Å². The third-order valence-electron chi connectivity index (χ3n) is 3.94. The van der Waals surface area contributed by atoms with Gasteiger partial charge in [-0.05, 0) is 42.7 Å². The summed E-state index contributed by atoms with van der Waals surface area (Å²) in [4.78, 5) is -0.572. The van der Waals surface area contributed by atoms with Crippen molar-refractivity contribution in [3.05, 3.63) is 48.0 Å². The van der Waals surface area contributed by atoms with E-state index in [0.29, 0.717) is 5.75 Å². The lowest BCUT2D eigenvalue weighted by molar-refractivity contribution is 0.395. The number of phenolic OH excluding ortho intramolecular Hbond substituents is 1. The van der Waals surface area contributed by atoms with Gasteiger partial charge in [0.2, 0.25) is 0 Å². The average Bonchev–Trinajstić information content (AvgIpc) is 2.56. The summed E-state index contributed by atoms with van der Waals surface area (Å²) in [6.45, 7) is 2.19. The lowest BCUT2D eigenvalue weighted by atomic mass is 10.1. The number of aromatic hydroxyl groups is 1. The molecule has 136 valence electrons. The van der Waals surface area contributed by atoms with Crippen LogP contribution in [0.1, 0.15) is 44.6 Å². The predicted octanol–water partition coefficient (Wildman–Crippen LogP) is 4.94. The minimum absolute atomic E-state index is 0.0183. The van der Waals surface area contributed by atoms with Crippen LogP contribution in [0.4, 0.5) is 0 Å². The number of para-hydroxylation sites is 1. The topological polar surface area (TPSA) is 83.8 Å². The summed E-state index contributed by atoms with van der Waals surface area (Å²) in [5.74, 6) is -0.112. The number of phenols is 1. The Balaban J connectivity index is 2.07. The van der Waals surface area contributed by atoms with Gasteiger partial charge in [0.15, 0.2) is 11.5 Å². The van der Waals surface area contributed by atoms with Crippen molar-refractivity contribution in [2.24, 2.45) is 0 Å². The monoisotopic (exact) mass is 364 g/mol. The first kappa shape index (κ1) is 19.3. The maximum Gasteiger partial charge on any atom is 0.298 e. The molecule has 0 aliphatic carbocycles. The van der Waals surface area contributed by atoms with Gasteiger partial charge >= 0.3 is 0 Å². The summed E-state index contributed by atoms with van der Waals surface area (Å²) in [5.41, 5.74) is 1.12. The molecule has 0 aromatic heterocycles. The van der Waals surface area contributed by atoms with Gasteiger partial charge in [-0.1, -0.05) is 50.8 Å². The number of hydrogen-bond donors (Lipinski definition) is 2. The van der Waals surface area contributed by atoms with E-state index in [-0.39, 0.29) is 5.75 Å². The molecule has 0 radical (unpaired) electrons. The molecule has 0 saturated carbocycles. The molecule has 0 saturated heterocycles. The van der Waals surface area contributed by atoms with Gasteiger partial charge in [-0.25, -0.2) is 0 Å². The van der Waals surface area contributed by atoms with Gasteiger partial charge in [-0.2, -0.15) is 8.42 Å². The Morgan fingerprint density at radius 2 is 1.72 bits per heavy atom. The molecule has 0 amide bonds. The summed E-state index contributed by atoms with van der Waals surface area (Å²) in [7, 11) is -4.51. The fourth-order valence-corrected chi connectivity index (χ4v) is 3.21. The van der Waals surface area contributed by atoms with Crippen LogP contribution in [0, 0.1) is 0 Å². The summed E-state index contributed by atoms with van der Waals surface area (Å²) in [6.07, 6.45) is 6.95. The summed E-state index contributed by atoms with van der Waals surface area (Å²) in [6, 6.07) is 11.4. The Hall–Kier alpha value is -2.05. The molecule has 2 rings (SSSR count). The molecule has 0 fully saturated rings. The Morgan fingerprint density at radius 3 is 2.44 bits per heavy atom. The van der Waals surface area contributed by atoms with E-state index in [1.165, 1.54) is 37.8 Å². The largest absolute Gasteiger partial charge is 0.503 e. The van der Waals surface area contributed by atoms with Gasteiger partial charge in [0, 0.05) is 0 Å². The number of aryl methyl sites for hydroxylation is 1. The second-order valence-electron chi connectivity index (χ2n) is 5.99. The highest BCUT2D eigenvalue weighted by Gasteiger charge is 2.19. The van der Waals surface area contributed by atoms with Gasteiger partial charge in [0.1, 0.15) is 10.6 Å². The van der Waals surface area contributed by atoms with Crippen LogP contribution in [0.3, 0.4) is 0 Å². The van der Waals surface area contributed by atoms with Crippen LogP contribution < -0.4 is 4.74 Å². The summed E-state index contributed by atoms with van der Waals surface area (Å²) < 4.78 is 37.2. The lowest BCUT2D eigenvalue weighted by Gasteiger charge is -2.11. The molecule has 2 aromatic carbocycles. The number of rotatable bonds is 9. The molecule has 0 bridgehead atoms. The highest BCUT2D eigenvalue weighted by molar-refractivity contribution is 7.86. The first-order valence-electron chi connectivity index (χ1n) is 8.48. The van der Waals surface area contributed by atoms with Crippen LogP contribution in [-0.4, -0.2) is 18.1 Å². The maximum atomic E-state index is 11.2. The number of benzene rings is 2. The normalized spacial score (nSPS) is 11.4. The van der Waals surface area contributed by atoms with Gasteiger partial charge in [-0.3, -0.25) is 4.55 Å². The fourth-order valence-electron chi connectivity index (χ4n) is 2.62. The first-order chi connectivity index (χ1) is 11.9. The van der Waals surface area contributed by atoms with Crippen molar-refractivity contribution in [2.45, 2.75) is 50.3 Å². The number of hydrogen-bond acceptors (Lipinski definition) is 4. The summed E-state index contributed by atoms with van der Waals surface area (Å²) in [5, 5.41) is 10.0. The van der Waals surface area contributed by atoms with E-state index in [9.17, 15) is 13.5 Å². The zero-order valence-corrected chi connectivity index (χ0v) is 15.1. The molecule has 2 aromatic rings. The zero-order chi connectivity index (χ0) is 18.3. The third kappa shape index (κ3) is 5.76. The molecule has 6 heteroatoms. The van der Waals surface area contributed by atoms with Gasteiger partial charge < -0.3 is 9.84 Å². The average molecular weight is 364 g/mol.